The Labute approximate surface area is 694 Å². The molecule has 2 aliphatic rings. The van der Waals surface area contributed by atoms with Crippen LogP contribution in [0.15, 0.2) is 222 Å². The van der Waals surface area contributed by atoms with Gasteiger partial charge in [0, 0.05) is 106 Å². The molecule has 0 saturated carbocycles. The van der Waals surface area contributed by atoms with Gasteiger partial charge in [-0.05, 0) is 97.6 Å². The topological polar surface area (TPSA) is 99.1 Å². The van der Waals surface area contributed by atoms with E-state index in [0.717, 1.165) is 90.8 Å². The van der Waals surface area contributed by atoms with Crippen molar-refractivity contribution in [2.24, 2.45) is 9.98 Å². The first-order chi connectivity index (χ1) is 48.5. The normalized spacial score (nSPS) is 12.8. The Morgan fingerprint density at radius 2 is 0.632 bits per heavy atom. The number of para-hydroxylation sites is 2. The Morgan fingerprint density at radius 1 is 0.425 bits per heavy atom. The van der Waals surface area contributed by atoms with E-state index in [0.29, 0.717) is 23.7 Å². The summed E-state index contributed by atoms with van der Waals surface area (Å²) in [5.74, 6) is 1.92. The molecule has 0 heterocycles. The van der Waals surface area contributed by atoms with Crippen LogP contribution in [0.25, 0.3) is 16.0 Å². The second-order valence-corrected chi connectivity index (χ2v) is 35.3. The molecule has 570 valence electrons. The van der Waals surface area contributed by atoms with E-state index in [2.05, 4.69) is 245 Å². The average Bonchev–Trinajstić information content (AvgIpc) is 0.740. The molecule has 0 amide bonds. The van der Waals surface area contributed by atoms with Gasteiger partial charge in [0.15, 0.2) is 0 Å². The van der Waals surface area contributed by atoms with Crippen LogP contribution in [0.1, 0.15) is 277 Å². The number of hydrogen-bond acceptors (Lipinski definition) is 3. The van der Waals surface area contributed by atoms with Crippen molar-refractivity contribution < 1.29 is 51.7 Å². The molecule has 1 N–H and O–H groups in total. The van der Waals surface area contributed by atoms with Crippen molar-refractivity contribution in [1.82, 2.24) is 0 Å². The van der Waals surface area contributed by atoms with Crippen molar-refractivity contribution in [3.8, 4) is 0 Å². The summed E-state index contributed by atoms with van der Waals surface area (Å²) in [6, 6.07) is 62.6. The Kier molecular flexibility index (Phi) is 59.4. The molecular weight excluding hydrogens is 1630 g/mol. The van der Waals surface area contributed by atoms with Crippen molar-refractivity contribution in [3.05, 3.63) is 312 Å². The molecule has 2 aliphatic carbocycles. The van der Waals surface area contributed by atoms with Gasteiger partial charge in [-0.1, -0.05) is 253 Å². The van der Waals surface area contributed by atoms with Crippen LogP contribution in [0.3, 0.4) is 0 Å². The van der Waals surface area contributed by atoms with Crippen LogP contribution < -0.4 is 0 Å². The molecule has 7 aromatic carbocycles. The number of hydrogen-bond donors (Lipinski definition) is 1. The third-order valence-corrected chi connectivity index (χ3v) is 22.6. The first-order valence-corrected chi connectivity index (χ1v) is 39.1. The van der Waals surface area contributed by atoms with Gasteiger partial charge in [0.25, 0.3) is 0 Å². The van der Waals surface area contributed by atoms with Gasteiger partial charge in [0.05, 0.1) is 0 Å². The second-order valence-electron chi connectivity index (χ2n) is 29.9. The number of benzene rings is 7. The molecule has 7 aromatic rings. The standard InChI is InChI=1S/2C22H33N2.C12H28NP.5C7H7.CH2N.CH4.B4.2Hf/c2*1-6-7-15-23-20-13-8-9-14-21(20)24-22-18(16(2)3)11-10-12-19(22)17(4)5;1-10(2,3)14(13,11(4,5)6)12(7,8)9;5*1-7-5-3-2-4-6-7;1-2;;1-4(2)3;;/h2*10-12,14,16-17H,6-9,13,15H2,1-5H3;13H,1-9H3;5*2-6H,1H2;1H2;1H4;;;/q2*-1;;6*-1;;;;. The predicted molar refractivity (Wildman–Crippen MR) is 477 cm³/mol. The molecule has 0 atom stereocenters. The Hall–Kier alpha value is -5.79. The summed E-state index contributed by atoms with van der Waals surface area (Å²) < 4.78 is 0. The molecule has 106 heavy (non-hydrogen) atoms. The third kappa shape index (κ3) is 44.0. The van der Waals surface area contributed by atoms with E-state index in [-0.39, 0.29) is 74.6 Å². The monoisotopic (exact) mass is 1770 g/mol. The van der Waals surface area contributed by atoms with E-state index in [1.54, 1.807) is 0 Å². The number of unbranched alkanes of at least 4 members (excludes halogenated alkanes) is 2. The Bertz CT molecular complexity index is 3080. The minimum atomic E-state index is -1.77. The van der Waals surface area contributed by atoms with Crippen LogP contribution >= 0.6 is 7.05 Å². The van der Waals surface area contributed by atoms with Crippen molar-refractivity contribution in [2.45, 2.75) is 242 Å². The molecule has 0 aliphatic heterocycles. The summed E-state index contributed by atoms with van der Waals surface area (Å²) in [5, 5.41) is 26.3. The minimum absolute atomic E-state index is 0. The first kappa shape index (κ1) is 107. The SMILES string of the molecule is C.C=[N-].CC(C)(C)P(=N)(C(C)(C)C)C(C)(C)C.CCCCN=C1CCCC=C1[N-]c1c(C(C)C)cccc1C(C)C.CCCCN=C1CCCC=C1[N-]c1c(C(C)C)cccc1C(C)C.[B]B([B])[B].[CH2-]c1ccccc1.[CH2-]c1ccccc1.[CH2-]c1ccccc1.[CH2-]c1ccccc1.[CH2-]c1ccccc1.[Hf].[Hf]. The summed E-state index contributed by atoms with van der Waals surface area (Å²) in [4.78, 5) is 9.71. The predicted octanol–water partition coefficient (Wildman–Crippen LogP) is 28.4. The zero-order valence-corrected chi connectivity index (χ0v) is 76.7. The summed E-state index contributed by atoms with van der Waals surface area (Å²) in [7, 11) is 12.2. The van der Waals surface area contributed by atoms with Gasteiger partial charge in [-0.2, -0.15) is 123 Å². The number of aliphatic imine (C=N–C) groups is 2. The maximum Gasteiger partial charge on any atom is 0.0391 e. The number of nitrogens with zero attached hydrogens (tertiary/aromatic N) is 5. The van der Waals surface area contributed by atoms with Crippen LogP contribution in [0.4, 0.5) is 11.4 Å². The quantitative estimate of drug-likeness (QED) is 0.0369. The van der Waals surface area contributed by atoms with Crippen LogP contribution in [0.2, 0.25) is 0 Å². The molecule has 0 saturated heterocycles. The van der Waals surface area contributed by atoms with Gasteiger partial charge in [-0.25, -0.2) is 6.72 Å². The van der Waals surface area contributed by atoms with Gasteiger partial charge >= 0.3 is 0 Å². The van der Waals surface area contributed by atoms with E-state index < -0.39 is 13.4 Å². The van der Waals surface area contributed by atoms with Crippen molar-refractivity contribution in [3.63, 3.8) is 0 Å². The Balaban J connectivity index is -0.000000583. The number of rotatable bonds is 14. The summed E-state index contributed by atoms with van der Waals surface area (Å²) in [6.45, 7) is 65.2. The first-order valence-electron chi connectivity index (χ1n) is 37.3. The fraction of sp³-hybridized carbons (Fsp3) is 0.419. The largest absolute Gasteiger partial charge is 0.817 e. The van der Waals surface area contributed by atoms with Crippen LogP contribution in [0.5, 0.6) is 0 Å². The maximum absolute atomic E-state index is 8.99. The molecule has 13 heteroatoms. The molecule has 0 aromatic heterocycles. The zero-order chi connectivity index (χ0) is 78.2. The minimum Gasteiger partial charge on any atom is -0.817 e. The average molecular weight is 1770 g/mol. The number of allylic oxidation sites excluding steroid dienone is 4. The molecule has 9 rings (SSSR count). The van der Waals surface area contributed by atoms with E-state index in [1.165, 1.54) is 70.7 Å². The van der Waals surface area contributed by atoms with E-state index >= 15 is 0 Å². The van der Waals surface area contributed by atoms with Gasteiger partial charge in [0.1, 0.15) is 0 Å². The van der Waals surface area contributed by atoms with Crippen molar-refractivity contribution >= 4 is 66.2 Å². The van der Waals surface area contributed by atoms with Gasteiger partial charge < -0.3 is 21.2 Å². The second kappa shape index (κ2) is 59.1. The molecule has 6 radical (unpaired) electrons. The molecule has 0 unspecified atom stereocenters. The van der Waals surface area contributed by atoms with E-state index in [1.807, 2.05) is 152 Å². The van der Waals surface area contributed by atoms with E-state index in [4.69, 9.17) is 31.2 Å². The smallest absolute Gasteiger partial charge is 0.0391 e. The zero-order valence-electron chi connectivity index (χ0n) is 68.6. The van der Waals surface area contributed by atoms with Gasteiger partial charge in [-0.15, -0.1) is 83.4 Å². The maximum atomic E-state index is 8.99. The van der Waals surface area contributed by atoms with E-state index in [9.17, 15) is 0 Å². The Morgan fingerprint density at radius 3 is 0.783 bits per heavy atom. The summed E-state index contributed by atoms with van der Waals surface area (Å²) in [5.41, 5.74) is 17.8. The molecule has 0 bridgehead atoms. The fourth-order valence-corrected chi connectivity index (χ4v) is 17.8. The van der Waals surface area contributed by atoms with Crippen molar-refractivity contribution in [1.29, 1.82) is 5.16 Å². The van der Waals surface area contributed by atoms with Crippen LogP contribution in [-0.4, -0.2) is 76.3 Å². The van der Waals surface area contributed by atoms with Crippen LogP contribution in [-0.2, 0) is 51.7 Å². The van der Waals surface area contributed by atoms with Crippen LogP contribution in [0, 0.1) is 39.8 Å². The summed E-state index contributed by atoms with van der Waals surface area (Å²) >= 11 is 0. The third-order valence-electron chi connectivity index (χ3n) is 16.5. The summed E-state index contributed by atoms with van der Waals surface area (Å²) in [6.07, 6.45) is 15.4. The van der Waals surface area contributed by atoms with Gasteiger partial charge in [0.2, 0.25) is 0 Å². The molecule has 0 spiro atoms. The fourth-order valence-electron chi connectivity index (χ4n) is 11.7. The molecule has 0 fully saturated rings. The molecular formula is C93H135B4Hf2N6P-8. The van der Waals surface area contributed by atoms with Crippen molar-refractivity contribution in [2.75, 3.05) is 13.1 Å². The molecule has 6 nitrogen and oxygen atoms in total. The van der Waals surface area contributed by atoms with Gasteiger partial charge in [-0.3, -0.25) is 9.98 Å². The number of nitrogens with one attached hydrogen (secondary N) is 1.